The van der Waals surface area contributed by atoms with E-state index >= 15 is 0 Å². The van der Waals surface area contributed by atoms with Crippen LogP contribution in [-0.2, 0) is 33.1 Å². The molecule has 1 aromatic rings. The summed E-state index contributed by atoms with van der Waals surface area (Å²) in [6.45, 7) is 5.79. The first kappa shape index (κ1) is 28.8. The van der Waals surface area contributed by atoms with Gasteiger partial charge in [-0.25, -0.2) is 4.79 Å². The summed E-state index contributed by atoms with van der Waals surface area (Å²) < 4.78 is 83.6. The first-order chi connectivity index (χ1) is 16.9. The molecule has 206 valence electrons. The molecular formula is C25H30F6N2O4. The smallest absolute Gasteiger partial charge is 0.416 e. The molecule has 37 heavy (non-hydrogen) atoms. The van der Waals surface area contributed by atoms with E-state index < -0.39 is 52.9 Å². The molecule has 12 heteroatoms. The number of alkyl halides is 6. The Bertz CT molecular complexity index is 1000. The van der Waals surface area contributed by atoms with E-state index in [9.17, 15) is 40.7 Å². The lowest BCUT2D eigenvalue weighted by molar-refractivity contribution is -0.143. The second-order valence-electron chi connectivity index (χ2n) is 10.8. The molecule has 1 saturated carbocycles. The number of benzene rings is 1. The summed E-state index contributed by atoms with van der Waals surface area (Å²) in [5.41, 5.74) is -4.96. The van der Waals surface area contributed by atoms with Gasteiger partial charge in [0.2, 0.25) is 5.91 Å². The topological polar surface area (TPSA) is 75.7 Å². The third-order valence-corrected chi connectivity index (χ3v) is 6.37. The van der Waals surface area contributed by atoms with E-state index in [4.69, 9.17) is 4.74 Å². The molecule has 0 spiro atoms. The molecule has 1 saturated heterocycles. The predicted molar refractivity (Wildman–Crippen MR) is 120 cm³/mol. The van der Waals surface area contributed by atoms with Gasteiger partial charge in [0, 0.05) is 25.9 Å². The number of piperidine rings is 1. The fraction of sp³-hybridized carbons (Fsp3) is 0.640. The molecule has 3 rings (SSSR count). The number of alkyl carbamates (subject to hydrolysis) is 1. The van der Waals surface area contributed by atoms with Crippen molar-refractivity contribution in [2.45, 2.75) is 82.8 Å². The number of Topliss-reactive ketones (excluding diaryl/α,β-unsaturated/α-hetero) is 1. The van der Waals surface area contributed by atoms with Crippen molar-refractivity contribution in [3.05, 3.63) is 34.9 Å². The molecule has 1 aromatic carbocycles. The van der Waals surface area contributed by atoms with Crippen LogP contribution in [0.4, 0.5) is 31.1 Å². The highest BCUT2D eigenvalue weighted by Gasteiger charge is 2.54. The Morgan fingerprint density at radius 2 is 1.46 bits per heavy atom. The van der Waals surface area contributed by atoms with E-state index in [0.717, 1.165) is 0 Å². The molecule has 1 heterocycles. The van der Waals surface area contributed by atoms with Crippen molar-refractivity contribution >= 4 is 17.8 Å². The van der Waals surface area contributed by atoms with Crippen LogP contribution in [0.1, 0.15) is 69.6 Å². The van der Waals surface area contributed by atoms with Crippen LogP contribution in [0.2, 0.25) is 0 Å². The van der Waals surface area contributed by atoms with Crippen molar-refractivity contribution in [2.24, 2.45) is 5.92 Å². The van der Waals surface area contributed by atoms with Crippen molar-refractivity contribution in [3.63, 3.8) is 0 Å². The Labute approximate surface area is 210 Å². The van der Waals surface area contributed by atoms with Crippen molar-refractivity contribution in [3.8, 4) is 0 Å². The molecule has 2 amide bonds. The van der Waals surface area contributed by atoms with Gasteiger partial charge in [0.25, 0.3) is 0 Å². The van der Waals surface area contributed by atoms with Crippen molar-refractivity contribution in [2.75, 3.05) is 13.1 Å². The molecule has 1 aliphatic carbocycles. The molecule has 0 atom stereocenters. The number of amides is 2. The highest BCUT2D eigenvalue weighted by atomic mass is 19.4. The number of nitrogens with one attached hydrogen (secondary N) is 1. The zero-order valence-corrected chi connectivity index (χ0v) is 20.8. The van der Waals surface area contributed by atoms with E-state index in [0.29, 0.717) is 50.9 Å². The van der Waals surface area contributed by atoms with Crippen LogP contribution in [0.15, 0.2) is 18.2 Å². The first-order valence-corrected chi connectivity index (χ1v) is 12.0. The van der Waals surface area contributed by atoms with E-state index in [1.54, 1.807) is 25.7 Å². The number of nitrogens with zero attached hydrogens (tertiary/aromatic N) is 1. The zero-order chi connectivity index (χ0) is 27.8. The van der Waals surface area contributed by atoms with Gasteiger partial charge in [-0.15, -0.1) is 0 Å². The third-order valence-electron chi connectivity index (χ3n) is 6.37. The Morgan fingerprint density at radius 3 is 1.89 bits per heavy atom. The summed E-state index contributed by atoms with van der Waals surface area (Å²) in [5.74, 6) is -0.854. The average molecular weight is 537 g/mol. The van der Waals surface area contributed by atoms with Gasteiger partial charge in [0.15, 0.2) is 0 Å². The molecule has 0 unspecified atom stereocenters. The van der Waals surface area contributed by atoms with Crippen LogP contribution in [0.25, 0.3) is 0 Å². The maximum Gasteiger partial charge on any atom is 0.416 e. The fourth-order valence-electron chi connectivity index (χ4n) is 4.40. The van der Waals surface area contributed by atoms with Crippen molar-refractivity contribution < 1.29 is 45.5 Å². The van der Waals surface area contributed by atoms with Gasteiger partial charge in [-0.2, -0.15) is 26.3 Å². The van der Waals surface area contributed by atoms with Crippen LogP contribution in [0.5, 0.6) is 0 Å². The monoisotopic (exact) mass is 536 g/mol. The van der Waals surface area contributed by atoms with Gasteiger partial charge in [-0.3, -0.25) is 9.59 Å². The van der Waals surface area contributed by atoms with Crippen molar-refractivity contribution in [1.29, 1.82) is 0 Å². The maximum absolute atomic E-state index is 13.1. The summed E-state index contributed by atoms with van der Waals surface area (Å²) >= 11 is 0. The molecule has 2 aliphatic rings. The minimum atomic E-state index is -4.98. The van der Waals surface area contributed by atoms with Crippen LogP contribution >= 0.6 is 0 Å². The van der Waals surface area contributed by atoms with Gasteiger partial charge in [-0.05, 0) is 76.1 Å². The summed E-state index contributed by atoms with van der Waals surface area (Å²) in [6.07, 6.45) is -9.31. The summed E-state index contributed by atoms with van der Waals surface area (Å²) in [7, 11) is 0. The number of likely N-dealkylation sites (tertiary alicyclic amines) is 1. The number of hydrogen-bond acceptors (Lipinski definition) is 4. The summed E-state index contributed by atoms with van der Waals surface area (Å²) in [4.78, 5) is 39.2. The highest BCUT2D eigenvalue weighted by Crippen LogP contribution is 2.39. The lowest BCUT2D eigenvalue weighted by Gasteiger charge is -2.34. The van der Waals surface area contributed by atoms with Crippen LogP contribution in [0, 0.1) is 5.92 Å². The molecular weight excluding hydrogens is 506 g/mol. The maximum atomic E-state index is 13.1. The average Bonchev–Trinajstić information content (AvgIpc) is 3.51. The number of rotatable bonds is 6. The molecule has 1 aliphatic heterocycles. The third kappa shape index (κ3) is 7.85. The van der Waals surface area contributed by atoms with E-state index in [-0.39, 0.29) is 29.9 Å². The van der Waals surface area contributed by atoms with Crippen LogP contribution in [-0.4, -0.2) is 46.9 Å². The highest BCUT2D eigenvalue weighted by molar-refractivity contribution is 5.93. The Hall–Kier alpha value is -2.79. The lowest BCUT2D eigenvalue weighted by atomic mass is 9.89. The van der Waals surface area contributed by atoms with Crippen LogP contribution in [0.3, 0.4) is 0 Å². The van der Waals surface area contributed by atoms with Crippen LogP contribution < -0.4 is 5.32 Å². The molecule has 1 N–H and O–H groups in total. The zero-order valence-electron chi connectivity index (χ0n) is 20.8. The second kappa shape index (κ2) is 10.2. The normalized spacial score (nSPS) is 18.4. The molecule has 2 fully saturated rings. The second-order valence-corrected chi connectivity index (χ2v) is 10.8. The van der Waals surface area contributed by atoms with Crippen molar-refractivity contribution in [1.82, 2.24) is 10.2 Å². The van der Waals surface area contributed by atoms with Gasteiger partial charge in [0.1, 0.15) is 16.9 Å². The summed E-state index contributed by atoms with van der Waals surface area (Å²) in [6, 6.07) is 1.17. The number of ketones is 1. The molecule has 0 radical (unpaired) electrons. The summed E-state index contributed by atoms with van der Waals surface area (Å²) in [5, 5.41) is 2.66. The SMILES string of the molecule is CC(C)(C)OC(=O)NC1(C(=O)N2CCC(CC(=O)Cc3cc(C(F)(F)F)cc(C(F)(F)F)c3)CC2)CC1. The molecule has 0 aromatic heterocycles. The fourth-order valence-corrected chi connectivity index (χ4v) is 4.40. The predicted octanol–water partition coefficient (Wildman–Crippen LogP) is 5.52. The molecule has 6 nitrogen and oxygen atoms in total. The number of hydrogen-bond donors (Lipinski definition) is 1. The number of carbonyl (C=O) groups excluding carboxylic acids is 3. The quantitative estimate of drug-likeness (QED) is 0.486. The van der Waals surface area contributed by atoms with Gasteiger partial charge in [-0.1, -0.05) is 0 Å². The van der Waals surface area contributed by atoms with E-state index in [1.807, 2.05) is 0 Å². The minimum absolute atomic E-state index is 0.0130. The van der Waals surface area contributed by atoms with E-state index in [2.05, 4.69) is 5.32 Å². The number of halogens is 6. The molecule has 0 bridgehead atoms. The standard InChI is InChI=1S/C25H30F6N2O4/c1-22(2,3)37-21(36)32-23(6-7-23)20(35)33-8-4-15(5-9-33)12-19(34)13-16-10-17(24(26,27)28)14-18(11-16)25(29,30)31/h10-11,14-15H,4-9,12-13H2,1-3H3,(H,32,36). The number of ether oxygens (including phenoxy) is 1. The lowest BCUT2D eigenvalue weighted by Crippen LogP contribution is -2.53. The first-order valence-electron chi connectivity index (χ1n) is 12.0. The van der Waals surface area contributed by atoms with Gasteiger partial charge < -0.3 is 15.0 Å². The minimum Gasteiger partial charge on any atom is -0.444 e. The Balaban J connectivity index is 1.55. The Kier molecular flexibility index (Phi) is 7.91. The van der Waals surface area contributed by atoms with E-state index in [1.165, 1.54) is 0 Å². The number of carbonyl (C=O) groups is 3. The Morgan fingerprint density at radius 1 is 0.946 bits per heavy atom. The van der Waals surface area contributed by atoms with Gasteiger partial charge >= 0.3 is 18.4 Å². The largest absolute Gasteiger partial charge is 0.444 e. The van der Waals surface area contributed by atoms with Gasteiger partial charge in [0.05, 0.1) is 11.1 Å².